The monoisotopic (exact) mass is 896 g/mol. The molecule has 336 valence electrons. The van der Waals surface area contributed by atoms with Crippen LogP contribution in [0.1, 0.15) is 118 Å². The van der Waals surface area contributed by atoms with Crippen molar-refractivity contribution in [2.24, 2.45) is 17.8 Å². The highest BCUT2D eigenvalue weighted by Gasteiger charge is 2.33. The summed E-state index contributed by atoms with van der Waals surface area (Å²) in [5.74, 6) is 8.22. The smallest absolute Gasteiger partial charge is 0.246 e. The maximum Gasteiger partial charge on any atom is 0.246 e. The highest BCUT2D eigenvalue weighted by atomic mass is 32.2. The molecule has 3 aliphatic rings. The topological polar surface area (TPSA) is 193 Å². The molecule has 2 amide bonds. The molecule has 8 rings (SSSR count). The number of nitrogen functional groups attached to an aromatic ring is 1. The number of pyridine rings is 1. The van der Waals surface area contributed by atoms with E-state index in [2.05, 4.69) is 66.0 Å². The number of thiophene rings is 1. The van der Waals surface area contributed by atoms with Crippen LogP contribution in [0.5, 0.6) is 0 Å². The van der Waals surface area contributed by atoms with Gasteiger partial charge < -0.3 is 25.3 Å². The number of carbonyl (C=O) groups excluding carboxylic acids is 2. The highest BCUT2D eigenvalue weighted by Crippen LogP contribution is 2.42. The molecule has 5 aromatic heterocycles. The molecule has 63 heavy (non-hydrogen) atoms. The lowest BCUT2D eigenvalue weighted by atomic mass is 9.81. The summed E-state index contributed by atoms with van der Waals surface area (Å²) in [6.45, 7) is 7.55. The van der Waals surface area contributed by atoms with Gasteiger partial charge in [0.2, 0.25) is 26.8 Å². The normalized spacial score (nSPS) is 19.0. The van der Waals surface area contributed by atoms with E-state index in [0.29, 0.717) is 66.5 Å². The molecule has 2 saturated heterocycles. The lowest BCUT2D eigenvalue weighted by Crippen LogP contribution is -2.42. The van der Waals surface area contributed by atoms with E-state index in [1.54, 1.807) is 0 Å². The minimum Gasteiger partial charge on any atom is -0.383 e. The molecule has 17 heteroatoms. The summed E-state index contributed by atoms with van der Waals surface area (Å²) in [6.07, 6.45) is 18.3. The number of aryl methyl sites for hydroxylation is 1. The Labute approximate surface area is 373 Å². The summed E-state index contributed by atoms with van der Waals surface area (Å²) in [5.41, 5.74) is 11.5. The van der Waals surface area contributed by atoms with Crippen LogP contribution in [0, 0.1) is 29.6 Å². The van der Waals surface area contributed by atoms with Crippen LogP contribution < -0.4 is 11.1 Å². The predicted molar refractivity (Wildman–Crippen MR) is 243 cm³/mol. The third kappa shape index (κ3) is 11.1. The summed E-state index contributed by atoms with van der Waals surface area (Å²) >= 11 is 1.89. The van der Waals surface area contributed by atoms with Gasteiger partial charge in [-0.25, -0.2) is 23.4 Å². The van der Waals surface area contributed by atoms with Crippen LogP contribution in [0.15, 0.2) is 35.9 Å². The molecule has 2 aliphatic heterocycles. The number of ether oxygens (including phenoxy) is 1. The largest absolute Gasteiger partial charge is 0.383 e. The van der Waals surface area contributed by atoms with E-state index in [4.69, 9.17) is 15.5 Å². The van der Waals surface area contributed by atoms with Crippen molar-refractivity contribution in [1.29, 1.82) is 0 Å². The Bertz CT molecular complexity index is 2550. The first-order valence-corrected chi connectivity index (χ1v) is 25.5. The zero-order valence-electron chi connectivity index (χ0n) is 36.6. The molecule has 5 aromatic rings. The number of likely N-dealkylation sites (tertiary alicyclic amines) is 1. The van der Waals surface area contributed by atoms with Gasteiger partial charge in [0.1, 0.15) is 11.5 Å². The second-order valence-corrected chi connectivity index (χ2v) is 20.7. The van der Waals surface area contributed by atoms with Crippen LogP contribution in [0.4, 0.5) is 5.82 Å². The standard InChI is InChI=1S/C46H60N10O5S2/c1-3-4-9-37-23-38-42(56(37)29-32-17-21-61-22-18-32)43-39(51-44(38)47)24-40(62-43)34-15-19-54(20-16-34)45(58)35-13-11-31(12-14-35)28-55-30-36(52-53-55)27-48-41(57)10-7-5-6-8-33-25-49-46(50-26-33)63(2,59)60/h23-26,30-32,34-35H,3-5,7,9-22,27-29H2,1-2H3,(H2,47,51)(H,48,57). The van der Waals surface area contributed by atoms with Crippen molar-refractivity contribution in [2.75, 3.05) is 38.3 Å². The Morgan fingerprint density at radius 1 is 0.984 bits per heavy atom. The number of carbonyl (C=O) groups is 2. The molecule has 15 nitrogen and oxygen atoms in total. The van der Waals surface area contributed by atoms with Crippen LogP contribution in [0.25, 0.3) is 21.1 Å². The fourth-order valence-electron chi connectivity index (χ4n) is 9.41. The summed E-state index contributed by atoms with van der Waals surface area (Å²) in [4.78, 5) is 42.3. The Morgan fingerprint density at radius 2 is 1.73 bits per heavy atom. The number of hydrogen-bond donors (Lipinski definition) is 2. The van der Waals surface area contributed by atoms with Crippen LogP contribution in [-0.2, 0) is 50.2 Å². The van der Waals surface area contributed by atoms with Crippen LogP contribution in [0.2, 0.25) is 0 Å². The van der Waals surface area contributed by atoms with Gasteiger partial charge in [-0.15, -0.1) is 16.4 Å². The van der Waals surface area contributed by atoms with Crippen molar-refractivity contribution in [3.63, 3.8) is 0 Å². The molecular formula is C46H60N10O5S2. The van der Waals surface area contributed by atoms with Crippen molar-refractivity contribution < 1.29 is 22.7 Å². The Kier molecular flexibility index (Phi) is 14.4. The van der Waals surface area contributed by atoms with Gasteiger partial charge in [0, 0.05) is 92.8 Å². The van der Waals surface area contributed by atoms with Crippen LogP contribution in [0.3, 0.4) is 0 Å². The second-order valence-electron chi connectivity index (χ2n) is 17.7. The number of amides is 2. The predicted octanol–water partition coefficient (Wildman–Crippen LogP) is 6.44. The van der Waals surface area contributed by atoms with Gasteiger partial charge in [0.15, 0.2) is 0 Å². The molecule has 0 unspecified atom stereocenters. The lowest BCUT2D eigenvalue weighted by molar-refractivity contribution is -0.138. The lowest BCUT2D eigenvalue weighted by Gasteiger charge is -2.36. The maximum absolute atomic E-state index is 13.8. The maximum atomic E-state index is 13.8. The average molecular weight is 897 g/mol. The fourth-order valence-corrected chi connectivity index (χ4v) is 11.2. The summed E-state index contributed by atoms with van der Waals surface area (Å²) < 4.78 is 34.4. The van der Waals surface area contributed by atoms with Crippen molar-refractivity contribution in [2.45, 2.75) is 128 Å². The first-order valence-electron chi connectivity index (χ1n) is 22.8. The van der Waals surface area contributed by atoms with Gasteiger partial charge in [-0.3, -0.25) is 14.3 Å². The molecule has 3 fully saturated rings. The van der Waals surface area contributed by atoms with Crippen LogP contribution >= 0.6 is 11.3 Å². The first-order chi connectivity index (χ1) is 30.5. The third-order valence-electron chi connectivity index (χ3n) is 13.0. The molecule has 0 atom stereocenters. The number of nitrogens with one attached hydrogen (secondary N) is 1. The quantitative estimate of drug-likeness (QED) is 0.0668. The van der Waals surface area contributed by atoms with Gasteiger partial charge in [-0.1, -0.05) is 30.4 Å². The molecule has 0 bridgehead atoms. The van der Waals surface area contributed by atoms with Crippen LogP contribution in [-0.4, -0.2) is 92.2 Å². The Balaban J connectivity index is 0.773. The van der Waals surface area contributed by atoms with Gasteiger partial charge in [0.25, 0.3) is 0 Å². The van der Waals surface area contributed by atoms with Gasteiger partial charge in [-0.2, -0.15) is 0 Å². The van der Waals surface area contributed by atoms with E-state index in [9.17, 15) is 18.0 Å². The second kappa shape index (κ2) is 20.3. The molecule has 3 N–H and O–H groups in total. The molecule has 0 radical (unpaired) electrons. The van der Waals surface area contributed by atoms with E-state index >= 15 is 0 Å². The van der Waals surface area contributed by atoms with E-state index in [1.807, 2.05) is 22.2 Å². The molecule has 1 saturated carbocycles. The Morgan fingerprint density at radius 3 is 2.46 bits per heavy atom. The van der Waals surface area contributed by atoms with Crippen molar-refractivity contribution in [3.8, 4) is 11.8 Å². The number of sulfone groups is 1. The number of unbranched alkanes of at least 4 members (excludes halogenated alkanes) is 2. The number of hydrogen-bond acceptors (Lipinski definition) is 12. The SMILES string of the molecule is CCCCc1cc2c(N)nc3cc(C4CCN(C(=O)C5CCC(Cn6cc(CNC(=O)CCCC#Cc7cnc(S(C)(=O)=O)nc7)nn6)CC5)CC4)sc3c2n1CC1CCOCC1. The number of piperidine rings is 1. The fraction of sp³-hybridized carbons (Fsp3) is 0.587. The molecule has 7 heterocycles. The van der Waals surface area contributed by atoms with E-state index < -0.39 is 9.84 Å². The molecule has 0 spiro atoms. The zero-order chi connectivity index (χ0) is 43.9. The number of anilines is 1. The number of rotatable bonds is 15. The first kappa shape index (κ1) is 44.7. The summed E-state index contributed by atoms with van der Waals surface area (Å²) in [7, 11) is -3.46. The molecular weight excluding hydrogens is 837 g/mol. The van der Waals surface area contributed by atoms with E-state index in [0.717, 1.165) is 127 Å². The Hall–Kier alpha value is -4.92. The van der Waals surface area contributed by atoms with Gasteiger partial charge in [0.05, 0.1) is 34.0 Å². The van der Waals surface area contributed by atoms with Gasteiger partial charge >= 0.3 is 0 Å². The van der Waals surface area contributed by atoms with Crippen molar-refractivity contribution >= 4 is 59.9 Å². The van der Waals surface area contributed by atoms with Crippen molar-refractivity contribution in [3.05, 3.63) is 52.6 Å². The van der Waals surface area contributed by atoms with Gasteiger partial charge in [-0.05, 0) is 101 Å². The van der Waals surface area contributed by atoms with Crippen molar-refractivity contribution in [1.82, 2.24) is 44.7 Å². The zero-order valence-corrected chi connectivity index (χ0v) is 38.2. The average Bonchev–Trinajstić information content (AvgIpc) is 4.02. The third-order valence-corrected chi connectivity index (χ3v) is 15.2. The number of aromatic nitrogens is 7. The summed E-state index contributed by atoms with van der Waals surface area (Å²) in [5, 5.41) is 12.3. The van der Waals surface area contributed by atoms with E-state index in [1.165, 1.54) is 33.2 Å². The number of nitrogens with two attached hydrogens (primary N) is 1. The number of nitrogens with zero attached hydrogens (tertiary/aromatic N) is 8. The minimum absolute atomic E-state index is 0.0722. The number of fused-ring (bicyclic) bond motifs is 3. The van der Waals surface area contributed by atoms with E-state index in [-0.39, 0.29) is 17.0 Å². The summed E-state index contributed by atoms with van der Waals surface area (Å²) in [6, 6.07) is 4.58. The molecule has 0 aromatic carbocycles. The minimum atomic E-state index is -3.46. The molecule has 1 aliphatic carbocycles. The highest BCUT2D eigenvalue weighted by molar-refractivity contribution is 7.90.